The van der Waals surface area contributed by atoms with Crippen LogP contribution in [0.25, 0.3) is 33.6 Å². The Bertz CT molecular complexity index is 1730. The Morgan fingerprint density at radius 1 is 0.886 bits per heavy atom. The molecule has 10 nitrogen and oxygen atoms in total. The van der Waals surface area contributed by atoms with Gasteiger partial charge in [-0.25, -0.2) is 9.97 Å². The molecule has 4 aromatic heterocycles. The van der Waals surface area contributed by atoms with Crippen LogP contribution in [-0.4, -0.2) is 88.9 Å². The van der Waals surface area contributed by atoms with Gasteiger partial charge in [0.05, 0.1) is 41.9 Å². The van der Waals surface area contributed by atoms with E-state index in [1.165, 1.54) is 24.0 Å². The molecule has 0 bridgehead atoms. The zero-order chi connectivity index (χ0) is 30.2. The summed E-state index contributed by atoms with van der Waals surface area (Å²) in [5.41, 5.74) is 9.94. The summed E-state index contributed by atoms with van der Waals surface area (Å²) in [7, 11) is 6.42. The van der Waals surface area contributed by atoms with Gasteiger partial charge in [0.15, 0.2) is 0 Å². The fourth-order valence-corrected chi connectivity index (χ4v) is 6.71. The van der Waals surface area contributed by atoms with E-state index in [9.17, 15) is 0 Å². The van der Waals surface area contributed by atoms with Crippen LogP contribution in [0.15, 0.2) is 55.1 Å². The van der Waals surface area contributed by atoms with Gasteiger partial charge in [0.25, 0.3) is 0 Å². The summed E-state index contributed by atoms with van der Waals surface area (Å²) < 4.78 is 6.04. The molecule has 1 aliphatic heterocycles. The van der Waals surface area contributed by atoms with E-state index in [1.54, 1.807) is 0 Å². The first kappa shape index (κ1) is 28.6. The molecule has 10 heteroatoms. The van der Waals surface area contributed by atoms with E-state index >= 15 is 0 Å². The molecule has 44 heavy (non-hydrogen) atoms. The fourth-order valence-electron chi connectivity index (χ4n) is 6.71. The van der Waals surface area contributed by atoms with Gasteiger partial charge < -0.3 is 9.80 Å². The van der Waals surface area contributed by atoms with Crippen LogP contribution in [0, 0.1) is 0 Å². The van der Waals surface area contributed by atoms with Crippen LogP contribution in [0.2, 0.25) is 0 Å². The second kappa shape index (κ2) is 12.1. The lowest BCUT2D eigenvalue weighted by Crippen LogP contribution is -2.42. The van der Waals surface area contributed by atoms with Gasteiger partial charge in [-0.15, -0.1) is 0 Å². The lowest BCUT2D eigenvalue weighted by molar-refractivity contribution is 0.140. The first-order chi connectivity index (χ1) is 21.4. The Hall–Kier alpha value is -4.15. The topological polar surface area (TPSA) is 85.7 Å². The van der Waals surface area contributed by atoms with Crippen LogP contribution < -0.4 is 0 Å². The summed E-state index contributed by atoms with van der Waals surface area (Å²) in [6.07, 6.45) is 13.1. The largest absolute Gasteiger partial charge is 0.306 e. The molecule has 228 valence electrons. The molecule has 0 spiro atoms. The normalized spacial score (nSPS) is 15.6. The number of fused-ring (bicyclic) bond motifs is 3. The average Bonchev–Trinajstić information content (AvgIpc) is 3.79. The maximum atomic E-state index is 5.08. The monoisotopic (exact) mass is 590 g/mol. The van der Waals surface area contributed by atoms with Crippen molar-refractivity contribution in [2.45, 2.75) is 58.2 Å². The number of hydrogen-bond acceptors (Lipinski definition) is 7. The Morgan fingerprint density at radius 3 is 2.43 bits per heavy atom. The van der Waals surface area contributed by atoms with Gasteiger partial charge in [0.2, 0.25) is 0 Å². The highest BCUT2D eigenvalue weighted by atomic mass is 15.3. The van der Waals surface area contributed by atoms with Crippen molar-refractivity contribution in [3.8, 4) is 33.6 Å². The molecule has 0 atom stereocenters. The van der Waals surface area contributed by atoms with Gasteiger partial charge >= 0.3 is 0 Å². The standard InChI is InChI=1S/C34H42N10/c1-5-43-17-12-28(38-43)20-31-35-21-26-10-11-30-32(33(26)37-31)34(41(4)39-30)25-8-6-24(7-9-25)27-22-36-44(23-27)19-18-42-15-13-29(14-16-42)40(2)3/h6-9,12,17,21-23,29H,5,10-11,13-16,18-20H2,1-4H3. The summed E-state index contributed by atoms with van der Waals surface area (Å²) in [6, 6.07) is 11.6. The maximum absolute atomic E-state index is 5.08. The van der Waals surface area contributed by atoms with Crippen LogP contribution in [0.4, 0.5) is 0 Å². The third kappa shape index (κ3) is 5.71. The number of benzene rings is 1. The second-order valence-electron chi connectivity index (χ2n) is 12.4. The van der Waals surface area contributed by atoms with Crippen molar-refractivity contribution in [3.05, 3.63) is 77.9 Å². The minimum absolute atomic E-state index is 0.614. The summed E-state index contributed by atoms with van der Waals surface area (Å²) in [6.45, 7) is 7.23. The minimum Gasteiger partial charge on any atom is -0.306 e. The van der Waals surface area contributed by atoms with E-state index in [1.807, 2.05) is 41.1 Å². The molecule has 0 radical (unpaired) electrons. The van der Waals surface area contributed by atoms with Crippen LogP contribution in [0.5, 0.6) is 0 Å². The Balaban J connectivity index is 1.08. The van der Waals surface area contributed by atoms with Gasteiger partial charge in [0, 0.05) is 61.5 Å². The quantitative estimate of drug-likeness (QED) is 0.253. The third-order valence-corrected chi connectivity index (χ3v) is 9.32. The summed E-state index contributed by atoms with van der Waals surface area (Å²) >= 11 is 0. The SMILES string of the molecule is CCn1ccc(Cc2ncc3c(n2)-c2c(nn(C)c2-c2ccc(-c4cnn(CCN5CCC(N(C)C)CC5)c4)cc2)CC3)n1. The van der Waals surface area contributed by atoms with E-state index < -0.39 is 0 Å². The molecule has 7 rings (SSSR count). The first-order valence-corrected chi connectivity index (χ1v) is 15.9. The average molecular weight is 591 g/mol. The van der Waals surface area contributed by atoms with Crippen molar-refractivity contribution in [2.75, 3.05) is 33.7 Å². The molecule has 1 saturated heterocycles. The predicted molar refractivity (Wildman–Crippen MR) is 172 cm³/mol. The molecule has 0 amide bonds. The zero-order valence-electron chi connectivity index (χ0n) is 26.3. The highest BCUT2D eigenvalue weighted by Crippen LogP contribution is 2.39. The van der Waals surface area contributed by atoms with E-state index in [-0.39, 0.29) is 0 Å². The molecule has 0 N–H and O–H groups in total. The number of aromatic nitrogens is 8. The molecule has 1 aromatic carbocycles. The van der Waals surface area contributed by atoms with E-state index in [0.717, 1.165) is 90.9 Å². The van der Waals surface area contributed by atoms with E-state index in [2.05, 4.69) is 76.2 Å². The van der Waals surface area contributed by atoms with Crippen molar-refractivity contribution in [2.24, 2.45) is 7.05 Å². The fraction of sp³-hybridized carbons (Fsp3) is 0.441. The summed E-state index contributed by atoms with van der Waals surface area (Å²) in [4.78, 5) is 14.7. The minimum atomic E-state index is 0.614. The lowest BCUT2D eigenvalue weighted by Gasteiger charge is -2.35. The number of likely N-dealkylation sites (tertiary alicyclic amines) is 1. The number of hydrogen-bond donors (Lipinski definition) is 0. The van der Waals surface area contributed by atoms with Crippen LogP contribution >= 0.6 is 0 Å². The number of aryl methyl sites for hydroxylation is 4. The highest BCUT2D eigenvalue weighted by molar-refractivity contribution is 5.84. The molecule has 5 aromatic rings. The number of nitrogens with zero attached hydrogens (tertiary/aromatic N) is 10. The van der Waals surface area contributed by atoms with Gasteiger partial charge in [-0.3, -0.25) is 14.0 Å². The molecule has 1 aliphatic carbocycles. The smallest absolute Gasteiger partial charge is 0.134 e. The van der Waals surface area contributed by atoms with Crippen LogP contribution in [0.3, 0.4) is 0 Å². The van der Waals surface area contributed by atoms with Gasteiger partial charge in [-0.2, -0.15) is 15.3 Å². The summed E-state index contributed by atoms with van der Waals surface area (Å²) in [5.74, 6) is 0.790. The van der Waals surface area contributed by atoms with E-state index in [4.69, 9.17) is 15.1 Å². The molecule has 5 heterocycles. The Morgan fingerprint density at radius 2 is 1.68 bits per heavy atom. The predicted octanol–water partition coefficient (Wildman–Crippen LogP) is 4.34. The third-order valence-electron chi connectivity index (χ3n) is 9.32. The Kier molecular flexibility index (Phi) is 7.86. The maximum Gasteiger partial charge on any atom is 0.134 e. The van der Waals surface area contributed by atoms with Crippen molar-refractivity contribution < 1.29 is 0 Å². The highest BCUT2D eigenvalue weighted by Gasteiger charge is 2.27. The molecule has 0 saturated carbocycles. The number of rotatable bonds is 9. The van der Waals surface area contributed by atoms with Crippen molar-refractivity contribution in [1.82, 2.24) is 49.1 Å². The summed E-state index contributed by atoms with van der Waals surface area (Å²) in [5, 5.41) is 14.2. The zero-order valence-corrected chi connectivity index (χ0v) is 26.3. The molecule has 2 aliphatic rings. The molecule has 0 unspecified atom stereocenters. The second-order valence-corrected chi connectivity index (χ2v) is 12.4. The van der Waals surface area contributed by atoms with Gasteiger partial charge in [-0.05, 0) is 77.0 Å². The van der Waals surface area contributed by atoms with Crippen molar-refractivity contribution >= 4 is 0 Å². The van der Waals surface area contributed by atoms with Crippen LogP contribution in [0.1, 0.15) is 42.5 Å². The molecular formula is C34H42N10. The van der Waals surface area contributed by atoms with Gasteiger partial charge in [0.1, 0.15) is 5.82 Å². The van der Waals surface area contributed by atoms with E-state index in [0.29, 0.717) is 12.5 Å². The van der Waals surface area contributed by atoms with Crippen molar-refractivity contribution in [3.63, 3.8) is 0 Å². The van der Waals surface area contributed by atoms with Gasteiger partial charge in [-0.1, -0.05) is 24.3 Å². The van der Waals surface area contributed by atoms with Crippen molar-refractivity contribution in [1.29, 1.82) is 0 Å². The van der Waals surface area contributed by atoms with Crippen LogP contribution in [-0.2, 0) is 39.4 Å². The number of piperidine rings is 1. The first-order valence-electron chi connectivity index (χ1n) is 15.9. The lowest BCUT2D eigenvalue weighted by atomic mass is 9.91. The molecule has 1 fully saturated rings. The molecular weight excluding hydrogens is 548 g/mol. The Labute approximate surface area is 259 Å².